The number of carbonyl (C=O) groups excluding carboxylic acids is 1. The number of hydrogen-bond donors (Lipinski definition) is 1. The Morgan fingerprint density at radius 3 is 2.50 bits per heavy atom. The van der Waals surface area contributed by atoms with E-state index >= 15 is 0 Å². The highest BCUT2D eigenvalue weighted by Crippen LogP contribution is 2.23. The van der Waals surface area contributed by atoms with E-state index in [4.69, 9.17) is 0 Å². The third-order valence-corrected chi connectivity index (χ3v) is 2.42. The zero-order chi connectivity index (χ0) is 8.97. The van der Waals surface area contributed by atoms with Gasteiger partial charge in [-0.1, -0.05) is 12.8 Å². The van der Waals surface area contributed by atoms with Gasteiger partial charge in [-0.25, -0.2) is 4.79 Å². The molecular weight excluding hydrogens is 152 g/mol. The molecule has 0 atom stereocenters. The number of hydrogen-bond acceptors (Lipinski definition) is 1. The molecule has 0 saturated heterocycles. The second-order valence-corrected chi connectivity index (χ2v) is 3.73. The summed E-state index contributed by atoms with van der Waals surface area (Å²) >= 11 is 0. The number of urea groups is 1. The maximum atomic E-state index is 11.1. The van der Waals surface area contributed by atoms with Gasteiger partial charge in [-0.15, -0.1) is 0 Å². The van der Waals surface area contributed by atoms with Gasteiger partial charge in [-0.05, 0) is 18.8 Å². The van der Waals surface area contributed by atoms with Gasteiger partial charge in [0.25, 0.3) is 0 Å². The predicted molar refractivity (Wildman–Crippen MR) is 49.0 cm³/mol. The van der Waals surface area contributed by atoms with Crippen LogP contribution in [0, 0.1) is 5.92 Å². The normalized spacial score (nSPS) is 17.8. The fourth-order valence-corrected chi connectivity index (χ4v) is 1.60. The Bertz CT molecular complexity index is 151. The Morgan fingerprint density at radius 1 is 1.42 bits per heavy atom. The standard InChI is InChI=1S/C9H18N2O/c1-11(2)9(12)10-7-8-5-3-4-6-8/h8H,3-7H2,1-2H3,(H,10,12). The Balaban J connectivity index is 2.12. The number of amides is 2. The lowest BCUT2D eigenvalue weighted by atomic mass is 10.1. The highest BCUT2D eigenvalue weighted by molar-refractivity contribution is 5.73. The third kappa shape index (κ3) is 2.72. The minimum absolute atomic E-state index is 0.0295. The van der Waals surface area contributed by atoms with Crippen molar-refractivity contribution in [2.75, 3.05) is 20.6 Å². The van der Waals surface area contributed by atoms with Crippen molar-refractivity contribution in [3.8, 4) is 0 Å². The van der Waals surface area contributed by atoms with Crippen molar-refractivity contribution in [3.63, 3.8) is 0 Å². The molecular formula is C9H18N2O. The van der Waals surface area contributed by atoms with Gasteiger partial charge in [0.15, 0.2) is 0 Å². The number of nitrogens with one attached hydrogen (secondary N) is 1. The topological polar surface area (TPSA) is 32.3 Å². The maximum absolute atomic E-state index is 11.1. The molecule has 1 N–H and O–H groups in total. The van der Waals surface area contributed by atoms with Crippen LogP contribution in [-0.2, 0) is 0 Å². The van der Waals surface area contributed by atoms with E-state index in [0.717, 1.165) is 12.5 Å². The van der Waals surface area contributed by atoms with Crippen LogP contribution in [0.15, 0.2) is 0 Å². The average Bonchev–Trinajstić information content (AvgIpc) is 2.51. The molecule has 0 radical (unpaired) electrons. The summed E-state index contributed by atoms with van der Waals surface area (Å²) in [6.07, 6.45) is 5.24. The summed E-state index contributed by atoms with van der Waals surface area (Å²) in [4.78, 5) is 12.7. The predicted octanol–water partition coefficient (Wildman–Crippen LogP) is 1.45. The molecule has 12 heavy (non-hydrogen) atoms. The second-order valence-electron chi connectivity index (χ2n) is 3.73. The van der Waals surface area contributed by atoms with Crippen LogP contribution in [0.4, 0.5) is 4.79 Å². The molecule has 1 aliphatic carbocycles. The molecule has 1 aliphatic rings. The molecule has 1 saturated carbocycles. The monoisotopic (exact) mass is 170 g/mol. The van der Waals surface area contributed by atoms with Crippen LogP contribution in [0.25, 0.3) is 0 Å². The lowest BCUT2D eigenvalue weighted by Crippen LogP contribution is -2.36. The number of nitrogens with zero attached hydrogens (tertiary/aromatic N) is 1. The molecule has 0 heterocycles. The molecule has 70 valence electrons. The second kappa shape index (κ2) is 4.33. The molecule has 1 rings (SSSR count). The first-order valence-corrected chi connectivity index (χ1v) is 4.65. The maximum Gasteiger partial charge on any atom is 0.316 e. The van der Waals surface area contributed by atoms with Crippen LogP contribution >= 0.6 is 0 Å². The molecule has 0 unspecified atom stereocenters. The first-order valence-electron chi connectivity index (χ1n) is 4.65. The Labute approximate surface area is 74.1 Å². The van der Waals surface area contributed by atoms with Gasteiger partial charge < -0.3 is 10.2 Å². The molecule has 0 aromatic carbocycles. The van der Waals surface area contributed by atoms with Crippen LogP contribution < -0.4 is 5.32 Å². The molecule has 3 heteroatoms. The minimum atomic E-state index is 0.0295. The van der Waals surface area contributed by atoms with Gasteiger partial charge in [0.2, 0.25) is 0 Å². The average molecular weight is 170 g/mol. The lowest BCUT2D eigenvalue weighted by molar-refractivity contribution is 0.215. The van der Waals surface area contributed by atoms with Crippen LogP contribution in [0.5, 0.6) is 0 Å². The first-order chi connectivity index (χ1) is 5.70. The SMILES string of the molecule is CN(C)C(=O)NCC1CCCC1. The van der Waals surface area contributed by atoms with Crippen molar-refractivity contribution in [1.29, 1.82) is 0 Å². The highest BCUT2D eigenvalue weighted by Gasteiger charge is 2.15. The van der Waals surface area contributed by atoms with Gasteiger partial charge in [0.1, 0.15) is 0 Å². The molecule has 0 bridgehead atoms. The minimum Gasteiger partial charge on any atom is -0.338 e. The lowest BCUT2D eigenvalue weighted by Gasteiger charge is -2.14. The van der Waals surface area contributed by atoms with E-state index in [1.165, 1.54) is 25.7 Å². The highest BCUT2D eigenvalue weighted by atomic mass is 16.2. The molecule has 0 aliphatic heterocycles. The summed E-state index contributed by atoms with van der Waals surface area (Å²) < 4.78 is 0. The van der Waals surface area contributed by atoms with Crippen molar-refractivity contribution < 1.29 is 4.79 Å². The van der Waals surface area contributed by atoms with Gasteiger partial charge in [-0.2, -0.15) is 0 Å². The van der Waals surface area contributed by atoms with Gasteiger partial charge in [0.05, 0.1) is 0 Å². The van der Waals surface area contributed by atoms with E-state index in [1.807, 2.05) is 0 Å². The summed E-state index contributed by atoms with van der Waals surface area (Å²) in [5.41, 5.74) is 0. The number of rotatable bonds is 2. The molecule has 0 aromatic heterocycles. The van der Waals surface area contributed by atoms with Crippen molar-refractivity contribution in [2.24, 2.45) is 5.92 Å². The van der Waals surface area contributed by atoms with Crippen molar-refractivity contribution in [2.45, 2.75) is 25.7 Å². The smallest absolute Gasteiger partial charge is 0.316 e. The van der Waals surface area contributed by atoms with Gasteiger partial charge in [0, 0.05) is 20.6 Å². The Kier molecular flexibility index (Phi) is 3.38. The van der Waals surface area contributed by atoms with E-state index < -0.39 is 0 Å². The Hall–Kier alpha value is -0.730. The summed E-state index contributed by atoms with van der Waals surface area (Å²) in [6.45, 7) is 0.858. The summed E-state index contributed by atoms with van der Waals surface area (Å²) in [6, 6.07) is 0.0295. The van der Waals surface area contributed by atoms with E-state index in [-0.39, 0.29) is 6.03 Å². The fourth-order valence-electron chi connectivity index (χ4n) is 1.60. The summed E-state index contributed by atoms with van der Waals surface area (Å²) in [5, 5.41) is 2.91. The van der Waals surface area contributed by atoms with E-state index in [2.05, 4.69) is 5.32 Å². The Morgan fingerprint density at radius 2 is 2.00 bits per heavy atom. The summed E-state index contributed by atoms with van der Waals surface area (Å²) in [7, 11) is 3.54. The largest absolute Gasteiger partial charge is 0.338 e. The van der Waals surface area contributed by atoms with Crippen molar-refractivity contribution >= 4 is 6.03 Å². The molecule has 3 nitrogen and oxygen atoms in total. The fraction of sp³-hybridized carbons (Fsp3) is 0.889. The van der Waals surface area contributed by atoms with Crippen LogP contribution in [0.3, 0.4) is 0 Å². The van der Waals surface area contributed by atoms with Crippen LogP contribution in [0.2, 0.25) is 0 Å². The molecule has 0 spiro atoms. The molecule has 0 aromatic rings. The van der Waals surface area contributed by atoms with E-state index in [0.29, 0.717) is 0 Å². The number of carbonyl (C=O) groups is 1. The zero-order valence-corrected chi connectivity index (χ0v) is 7.97. The quantitative estimate of drug-likeness (QED) is 0.668. The summed E-state index contributed by atoms with van der Waals surface area (Å²) in [5.74, 6) is 0.730. The van der Waals surface area contributed by atoms with Crippen LogP contribution in [-0.4, -0.2) is 31.6 Å². The third-order valence-electron chi connectivity index (χ3n) is 2.42. The van der Waals surface area contributed by atoms with Crippen molar-refractivity contribution in [3.05, 3.63) is 0 Å². The first kappa shape index (κ1) is 9.36. The van der Waals surface area contributed by atoms with E-state index in [1.54, 1.807) is 19.0 Å². The van der Waals surface area contributed by atoms with Crippen molar-refractivity contribution in [1.82, 2.24) is 10.2 Å². The van der Waals surface area contributed by atoms with E-state index in [9.17, 15) is 4.79 Å². The van der Waals surface area contributed by atoms with Crippen LogP contribution in [0.1, 0.15) is 25.7 Å². The van der Waals surface area contributed by atoms with Gasteiger partial charge in [-0.3, -0.25) is 0 Å². The zero-order valence-electron chi connectivity index (χ0n) is 7.97. The molecule has 2 amide bonds. The molecule has 1 fully saturated rings. The van der Waals surface area contributed by atoms with Gasteiger partial charge >= 0.3 is 6.03 Å².